The van der Waals surface area contributed by atoms with Gasteiger partial charge in [-0.3, -0.25) is 9.36 Å². The first-order valence-corrected chi connectivity index (χ1v) is 6.31. The number of hydrogen-bond donors (Lipinski definition) is 2. The molecule has 0 saturated heterocycles. The predicted molar refractivity (Wildman–Crippen MR) is 73.4 cm³/mol. The number of imidazole rings is 1. The van der Waals surface area contributed by atoms with E-state index in [1.807, 2.05) is 0 Å². The van der Waals surface area contributed by atoms with Gasteiger partial charge in [0.25, 0.3) is 0 Å². The molecule has 0 aliphatic rings. The molecule has 1 amide bonds. The van der Waals surface area contributed by atoms with E-state index in [4.69, 9.17) is 0 Å². The van der Waals surface area contributed by atoms with Gasteiger partial charge in [-0.25, -0.2) is 4.79 Å². The lowest BCUT2D eigenvalue weighted by molar-refractivity contribution is -0.115. The zero-order valence-corrected chi connectivity index (χ0v) is 11.3. The lowest BCUT2D eigenvalue weighted by atomic mass is 10.2. The molecule has 5 nitrogen and oxygen atoms in total. The first kappa shape index (κ1) is 12.6. The maximum atomic E-state index is 11.5. The number of carbonyl (C=O) groups is 1. The van der Waals surface area contributed by atoms with E-state index >= 15 is 0 Å². The normalized spacial score (nSPS) is 12.1. The summed E-state index contributed by atoms with van der Waals surface area (Å²) >= 11 is 3.19. The third-order valence-electron chi connectivity index (χ3n) is 2.42. The van der Waals surface area contributed by atoms with Crippen molar-refractivity contribution in [2.75, 3.05) is 5.32 Å². The van der Waals surface area contributed by atoms with Crippen LogP contribution in [-0.2, 0) is 4.79 Å². The van der Waals surface area contributed by atoms with E-state index in [0.29, 0.717) is 5.69 Å². The Hall–Kier alpha value is -1.82. The highest BCUT2D eigenvalue weighted by atomic mass is 79.9. The molecule has 2 N–H and O–H groups in total. The Bertz CT molecular complexity index is 598. The summed E-state index contributed by atoms with van der Waals surface area (Å²) in [6, 6.07) is 7.04. The van der Waals surface area contributed by atoms with Crippen molar-refractivity contribution >= 4 is 27.5 Å². The van der Waals surface area contributed by atoms with Crippen LogP contribution in [0.5, 0.6) is 0 Å². The fraction of sp³-hybridized carbons (Fsp3) is 0.167. The Labute approximate surface area is 112 Å². The number of rotatable bonds is 3. The van der Waals surface area contributed by atoms with Gasteiger partial charge in [-0.15, -0.1) is 0 Å². The van der Waals surface area contributed by atoms with Gasteiger partial charge < -0.3 is 10.3 Å². The van der Waals surface area contributed by atoms with Gasteiger partial charge in [0.2, 0.25) is 5.91 Å². The first-order valence-electron chi connectivity index (χ1n) is 5.39. The van der Waals surface area contributed by atoms with Gasteiger partial charge in [-0.05, 0) is 31.2 Å². The van der Waals surface area contributed by atoms with Gasteiger partial charge in [0.05, 0.1) is 10.5 Å². The molecule has 0 bridgehead atoms. The molecule has 2 rings (SSSR count). The molecule has 2 aromatic rings. The number of aromatic amines is 1. The summed E-state index contributed by atoms with van der Waals surface area (Å²) in [5, 5.41) is 2.75. The Morgan fingerprint density at radius 1 is 1.39 bits per heavy atom. The lowest BCUT2D eigenvalue weighted by Crippen LogP contribution is -2.20. The highest BCUT2D eigenvalue weighted by Gasteiger charge is 2.08. The third kappa shape index (κ3) is 2.70. The summed E-state index contributed by atoms with van der Waals surface area (Å²) in [4.78, 5) is 25.2. The van der Waals surface area contributed by atoms with Crippen LogP contribution in [0.2, 0.25) is 0 Å². The molecule has 18 heavy (non-hydrogen) atoms. The molecular weight excluding hydrogens is 298 g/mol. The second kappa shape index (κ2) is 5.22. The predicted octanol–water partition coefficient (Wildman–Crippen LogP) is 1.89. The monoisotopic (exact) mass is 309 g/mol. The topological polar surface area (TPSA) is 66.9 Å². The molecule has 1 aromatic carbocycles. The fourth-order valence-electron chi connectivity index (χ4n) is 1.47. The molecule has 0 saturated carbocycles. The van der Waals surface area contributed by atoms with Crippen molar-refractivity contribution in [3.63, 3.8) is 0 Å². The van der Waals surface area contributed by atoms with Crippen LogP contribution >= 0.6 is 15.9 Å². The quantitative estimate of drug-likeness (QED) is 0.850. The molecule has 6 heteroatoms. The van der Waals surface area contributed by atoms with Crippen molar-refractivity contribution in [1.29, 1.82) is 0 Å². The zero-order chi connectivity index (χ0) is 13.1. The van der Waals surface area contributed by atoms with E-state index in [2.05, 4.69) is 26.2 Å². The number of carbonyl (C=O) groups excluding carboxylic acids is 1. The number of H-pyrrole nitrogens is 1. The molecule has 0 aliphatic carbocycles. The maximum absolute atomic E-state index is 11.5. The van der Waals surface area contributed by atoms with Crippen LogP contribution in [0.3, 0.4) is 0 Å². The molecule has 0 aliphatic heterocycles. The maximum Gasteiger partial charge on any atom is 0.330 e. The Morgan fingerprint density at radius 2 is 2.06 bits per heavy atom. The van der Waals surface area contributed by atoms with Crippen LogP contribution in [0, 0.1) is 0 Å². The Morgan fingerprint density at radius 3 is 2.56 bits per heavy atom. The summed E-state index contributed by atoms with van der Waals surface area (Å²) in [6.07, 6.45) is 3.22. The molecule has 0 fully saturated rings. The molecular formula is C12H12BrN3O2. The summed E-state index contributed by atoms with van der Waals surface area (Å²) in [7, 11) is 0. The van der Waals surface area contributed by atoms with Crippen LogP contribution in [-0.4, -0.2) is 20.3 Å². The average Bonchev–Trinajstić information content (AvgIpc) is 2.76. The van der Waals surface area contributed by atoms with E-state index < -0.39 is 0 Å². The van der Waals surface area contributed by atoms with Crippen LogP contribution in [0.25, 0.3) is 5.69 Å². The SMILES string of the molecule is CC(Br)C(=O)Nc1ccc(-n2cc[nH]c2=O)cc1. The van der Waals surface area contributed by atoms with Gasteiger partial charge >= 0.3 is 5.69 Å². The summed E-state index contributed by atoms with van der Waals surface area (Å²) in [6.45, 7) is 1.75. The minimum Gasteiger partial charge on any atom is -0.325 e. The van der Waals surface area contributed by atoms with Crippen molar-refractivity contribution < 1.29 is 4.79 Å². The smallest absolute Gasteiger partial charge is 0.325 e. The second-order valence-electron chi connectivity index (χ2n) is 3.79. The average molecular weight is 310 g/mol. The molecule has 0 radical (unpaired) electrons. The van der Waals surface area contributed by atoms with Crippen molar-refractivity contribution in [2.45, 2.75) is 11.8 Å². The number of alkyl halides is 1. The van der Waals surface area contributed by atoms with E-state index in [1.54, 1.807) is 43.6 Å². The fourth-order valence-corrected chi connectivity index (χ4v) is 1.59. The number of nitrogens with zero attached hydrogens (tertiary/aromatic N) is 1. The van der Waals surface area contributed by atoms with Gasteiger partial charge in [-0.1, -0.05) is 15.9 Å². The van der Waals surface area contributed by atoms with Gasteiger partial charge in [0.1, 0.15) is 0 Å². The summed E-state index contributed by atoms with van der Waals surface area (Å²) in [5.41, 5.74) is 1.24. The second-order valence-corrected chi connectivity index (χ2v) is 5.16. The van der Waals surface area contributed by atoms with Crippen LogP contribution < -0.4 is 11.0 Å². The van der Waals surface area contributed by atoms with E-state index in [9.17, 15) is 9.59 Å². The highest BCUT2D eigenvalue weighted by molar-refractivity contribution is 9.10. The number of nitrogens with one attached hydrogen (secondary N) is 2. The van der Waals surface area contributed by atoms with Crippen molar-refractivity contribution in [2.24, 2.45) is 0 Å². The third-order valence-corrected chi connectivity index (χ3v) is 2.84. The summed E-state index contributed by atoms with van der Waals surface area (Å²) < 4.78 is 1.48. The number of halogens is 1. The summed E-state index contributed by atoms with van der Waals surface area (Å²) in [5.74, 6) is -0.110. The number of benzene rings is 1. The Balaban J connectivity index is 2.18. The highest BCUT2D eigenvalue weighted by Crippen LogP contribution is 2.13. The number of hydrogen-bond acceptors (Lipinski definition) is 2. The Kier molecular flexibility index (Phi) is 3.66. The lowest BCUT2D eigenvalue weighted by Gasteiger charge is -2.07. The van der Waals surface area contributed by atoms with Gasteiger partial charge in [0.15, 0.2) is 0 Å². The van der Waals surface area contributed by atoms with Crippen LogP contribution in [0.15, 0.2) is 41.5 Å². The molecule has 94 valence electrons. The van der Waals surface area contributed by atoms with Crippen molar-refractivity contribution in [1.82, 2.24) is 9.55 Å². The standard InChI is InChI=1S/C12H12BrN3O2/c1-8(13)11(17)15-9-2-4-10(5-3-9)16-7-6-14-12(16)18/h2-8H,1H3,(H,14,18)(H,15,17). The van der Waals surface area contributed by atoms with E-state index in [-0.39, 0.29) is 16.4 Å². The van der Waals surface area contributed by atoms with Crippen LogP contribution in [0.4, 0.5) is 5.69 Å². The largest absolute Gasteiger partial charge is 0.330 e. The minimum absolute atomic E-state index is 0.110. The molecule has 1 aromatic heterocycles. The van der Waals surface area contributed by atoms with Crippen molar-refractivity contribution in [3.8, 4) is 5.69 Å². The van der Waals surface area contributed by atoms with Gasteiger partial charge in [-0.2, -0.15) is 0 Å². The molecule has 0 spiro atoms. The van der Waals surface area contributed by atoms with E-state index in [0.717, 1.165) is 5.69 Å². The number of amides is 1. The van der Waals surface area contributed by atoms with Crippen LogP contribution in [0.1, 0.15) is 6.92 Å². The molecule has 1 heterocycles. The number of anilines is 1. The first-order chi connectivity index (χ1) is 8.58. The number of aromatic nitrogens is 2. The molecule has 1 unspecified atom stereocenters. The van der Waals surface area contributed by atoms with E-state index in [1.165, 1.54) is 4.57 Å². The minimum atomic E-state index is -0.246. The van der Waals surface area contributed by atoms with Gasteiger partial charge in [0, 0.05) is 18.1 Å². The van der Waals surface area contributed by atoms with Crippen molar-refractivity contribution in [3.05, 3.63) is 47.1 Å². The zero-order valence-electron chi connectivity index (χ0n) is 9.68. The molecule has 1 atom stereocenters.